The SMILES string of the molecule is O=CC1C=C(CCl)C=CC1(O)O. The van der Waals surface area contributed by atoms with Crippen LogP contribution in [0.25, 0.3) is 0 Å². The molecular weight excluding hydrogens is 180 g/mol. The Labute approximate surface area is 75.0 Å². The topological polar surface area (TPSA) is 57.5 Å². The van der Waals surface area contributed by atoms with Gasteiger partial charge >= 0.3 is 0 Å². The second-order valence-electron chi connectivity index (χ2n) is 2.65. The Morgan fingerprint density at radius 2 is 2.33 bits per heavy atom. The fourth-order valence-corrected chi connectivity index (χ4v) is 1.16. The van der Waals surface area contributed by atoms with Crippen molar-refractivity contribution in [1.29, 1.82) is 0 Å². The minimum absolute atomic E-state index is 0.261. The smallest absolute Gasteiger partial charge is 0.196 e. The molecule has 1 unspecified atom stereocenters. The van der Waals surface area contributed by atoms with Gasteiger partial charge in [0.2, 0.25) is 0 Å². The zero-order valence-corrected chi connectivity index (χ0v) is 7.03. The van der Waals surface area contributed by atoms with E-state index in [1.807, 2.05) is 0 Å². The van der Waals surface area contributed by atoms with Crippen LogP contribution < -0.4 is 0 Å². The molecule has 0 fully saturated rings. The molecule has 1 atom stereocenters. The second-order valence-corrected chi connectivity index (χ2v) is 2.92. The number of hydrogen-bond acceptors (Lipinski definition) is 3. The Hall–Kier alpha value is -0.640. The summed E-state index contributed by atoms with van der Waals surface area (Å²) in [5.74, 6) is -2.72. The molecule has 0 aromatic heterocycles. The lowest BCUT2D eigenvalue weighted by Crippen LogP contribution is -2.37. The van der Waals surface area contributed by atoms with Crippen molar-refractivity contribution in [3.63, 3.8) is 0 Å². The normalized spacial score (nSPS) is 26.6. The minimum Gasteiger partial charge on any atom is -0.362 e. The van der Waals surface area contributed by atoms with Crippen LogP contribution in [-0.2, 0) is 4.79 Å². The molecular formula is C8H9ClO3. The van der Waals surface area contributed by atoms with Crippen LogP contribution >= 0.6 is 11.6 Å². The molecule has 0 radical (unpaired) electrons. The van der Waals surface area contributed by atoms with Gasteiger partial charge < -0.3 is 15.0 Å². The summed E-state index contributed by atoms with van der Waals surface area (Å²) in [6.07, 6.45) is 4.58. The van der Waals surface area contributed by atoms with Crippen LogP contribution in [0, 0.1) is 5.92 Å². The van der Waals surface area contributed by atoms with Crippen LogP contribution in [0.3, 0.4) is 0 Å². The number of carbonyl (C=O) groups is 1. The summed E-state index contributed by atoms with van der Waals surface area (Å²) in [6, 6.07) is 0. The van der Waals surface area contributed by atoms with E-state index in [0.717, 1.165) is 6.08 Å². The van der Waals surface area contributed by atoms with Crippen LogP contribution in [-0.4, -0.2) is 28.2 Å². The lowest BCUT2D eigenvalue weighted by atomic mass is 9.92. The van der Waals surface area contributed by atoms with E-state index in [4.69, 9.17) is 11.6 Å². The van der Waals surface area contributed by atoms with Gasteiger partial charge in [-0.3, -0.25) is 0 Å². The summed E-state index contributed by atoms with van der Waals surface area (Å²) in [5, 5.41) is 18.4. The highest BCUT2D eigenvalue weighted by atomic mass is 35.5. The first-order chi connectivity index (χ1) is 5.60. The average Bonchev–Trinajstić information content (AvgIpc) is 2.04. The third kappa shape index (κ3) is 1.75. The van der Waals surface area contributed by atoms with E-state index in [0.29, 0.717) is 11.9 Å². The Morgan fingerprint density at radius 3 is 2.83 bits per heavy atom. The van der Waals surface area contributed by atoms with Gasteiger partial charge in [-0.1, -0.05) is 12.2 Å². The van der Waals surface area contributed by atoms with Crippen LogP contribution in [0.2, 0.25) is 0 Å². The summed E-state index contributed by atoms with van der Waals surface area (Å²) in [5.41, 5.74) is 0.715. The van der Waals surface area contributed by atoms with E-state index >= 15 is 0 Å². The van der Waals surface area contributed by atoms with Crippen molar-refractivity contribution in [2.45, 2.75) is 5.79 Å². The first-order valence-electron chi connectivity index (χ1n) is 3.46. The van der Waals surface area contributed by atoms with E-state index in [-0.39, 0.29) is 5.88 Å². The maximum atomic E-state index is 10.4. The minimum atomic E-state index is -2.06. The molecule has 0 amide bonds. The molecule has 66 valence electrons. The maximum absolute atomic E-state index is 10.4. The Bertz CT molecular complexity index is 243. The molecule has 0 aliphatic heterocycles. The molecule has 0 aromatic carbocycles. The highest BCUT2D eigenvalue weighted by molar-refractivity contribution is 6.19. The van der Waals surface area contributed by atoms with Crippen molar-refractivity contribution in [1.82, 2.24) is 0 Å². The van der Waals surface area contributed by atoms with Crippen LogP contribution in [0.15, 0.2) is 23.8 Å². The molecule has 2 N–H and O–H groups in total. The number of alkyl halides is 1. The van der Waals surface area contributed by atoms with Gasteiger partial charge in [-0.15, -0.1) is 11.6 Å². The summed E-state index contributed by atoms with van der Waals surface area (Å²) < 4.78 is 0. The van der Waals surface area contributed by atoms with Gasteiger partial charge in [0.05, 0.1) is 5.92 Å². The molecule has 0 spiro atoms. The van der Waals surface area contributed by atoms with E-state index < -0.39 is 11.7 Å². The van der Waals surface area contributed by atoms with Crippen molar-refractivity contribution in [3.05, 3.63) is 23.8 Å². The van der Waals surface area contributed by atoms with Gasteiger partial charge in [0.15, 0.2) is 5.79 Å². The lowest BCUT2D eigenvalue weighted by Gasteiger charge is -2.25. The third-order valence-corrected chi connectivity index (χ3v) is 2.04. The van der Waals surface area contributed by atoms with Crippen molar-refractivity contribution in [2.75, 3.05) is 5.88 Å². The van der Waals surface area contributed by atoms with Gasteiger partial charge in [0.25, 0.3) is 0 Å². The zero-order valence-electron chi connectivity index (χ0n) is 6.27. The predicted molar refractivity (Wildman–Crippen MR) is 44.7 cm³/mol. The molecule has 3 nitrogen and oxygen atoms in total. The molecule has 1 rings (SSSR count). The number of hydrogen-bond donors (Lipinski definition) is 2. The predicted octanol–water partition coefficient (Wildman–Crippen LogP) is 0.217. The number of allylic oxidation sites excluding steroid dienone is 2. The number of aliphatic hydroxyl groups is 2. The molecule has 0 bridgehead atoms. The number of aldehydes is 1. The van der Waals surface area contributed by atoms with Crippen LogP contribution in [0.4, 0.5) is 0 Å². The maximum Gasteiger partial charge on any atom is 0.196 e. The van der Waals surface area contributed by atoms with Crippen molar-refractivity contribution in [2.24, 2.45) is 5.92 Å². The van der Waals surface area contributed by atoms with Crippen molar-refractivity contribution in [3.8, 4) is 0 Å². The van der Waals surface area contributed by atoms with E-state index in [1.54, 1.807) is 0 Å². The third-order valence-electron chi connectivity index (χ3n) is 1.73. The molecule has 0 heterocycles. The molecule has 1 aliphatic carbocycles. The molecule has 1 aliphatic rings. The van der Waals surface area contributed by atoms with Crippen LogP contribution in [0.5, 0.6) is 0 Å². The van der Waals surface area contributed by atoms with Gasteiger partial charge in [0, 0.05) is 5.88 Å². The summed E-state index contributed by atoms with van der Waals surface area (Å²) in [4.78, 5) is 10.4. The quantitative estimate of drug-likeness (QED) is 0.370. The van der Waals surface area contributed by atoms with Gasteiger partial charge in [-0.05, 0) is 11.6 Å². The Balaban J connectivity index is 2.89. The summed E-state index contributed by atoms with van der Waals surface area (Å²) >= 11 is 5.50. The summed E-state index contributed by atoms with van der Waals surface area (Å²) in [6.45, 7) is 0. The molecule has 0 saturated heterocycles. The highest BCUT2D eigenvalue weighted by Crippen LogP contribution is 2.23. The molecule has 0 saturated carbocycles. The zero-order chi connectivity index (χ0) is 9.19. The van der Waals surface area contributed by atoms with Gasteiger partial charge in [-0.25, -0.2) is 0 Å². The standard InChI is InChI=1S/C8H9ClO3/c9-4-6-1-2-8(11,12)7(3-6)5-10/h1-3,5,7,11-12H,4H2. The van der Waals surface area contributed by atoms with Crippen molar-refractivity contribution >= 4 is 17.9 Å². The average molecular weight is 189 g/mol. The van der Waals surface area contributed by atoms with E-state index in [2.05, 4.69) is 0 Å². The molecule has 4 heteroatoms. The monoisotopic (exact) mass is 188 g/mol. The lowest BCUT2D eigenvalue weighted by molar-refractivity contribution is -0.154. The van der Waals surface area contributed by atoms with Gasteiger partial charge in [0.1, 0.15) is 6.29 Å². The molecule has 12 heavy (non-hydrogen) atoms. The van der Waals surface area contributed by atoms with Gasteiger partial charge in [-0.2, -0.15) is 0 Å². The van der Waals surface area contributed by atoms with Crippen molar-refractivity contribution < 1.29 is 15.0 Å². The fraction of sp³-hybridized carbons (Fsp3) is 0.375. The largest absolute Gasteiger partial charge is 0.362 e. The first kappa shape index (κ1) is 9.45. The van der Waals surface area contributed by atoms with Crippen LogP contribution in [0.1, 0.15) is 0 Å². The Kier molecular flexibility index (Phi) is 2.67. The fourth-order valence-electron chi connectivity index (χ4n) is 0.978. The number of carbonyl (C=O) groups excluding carboxylic acids is 1. The van der Waals surface area contributed by atoms with E-state index in [1.165, 1.54) is 12.2 Å². The first-order valence-corrected chi connectivity index (χ1v) is 3.99. The summed E-state index contributed by atoms with van der Waals surface area (Å²) in [7, 11) is 0. The second kappa shape index (κ2) is 3.39. The number of rotatable bonds is 2. The Morgan fingerprint density at radius 1 is 1.67 bits per heavy atom. The molecule has 0 aromatic rings. The highest BCUT2D eigenvalue weighted by Gasteiger charge is 2.32. The van der Waals surface area contributed by atoms with E-state index in [9.17, 15) is 15.0 Å². The number of halogens is 1.